The first kappa shape index (κ1) is 24.8. The third-order valence-electron chi connectivity index (χ3n) is 7.33. The molecule has 5 heteroatoms. The molecule has 1 saturated heterocycles. The van der Waals surface area contributed by atoms with E-state index in [0.29, 0.717) is 11.3 Å². The van der Waals surface area contributed by atoms with Gasteiger partial charge in [0.05, 0.1) is 11.6 Å². The number of ketones is 1. The van der Waals surface area contributed by atoms with Crippen LogP contribution in [0.2, 0.25) is 0 Å². The number of nitrogens with zero attached hydrogens (tertiary/aromatic N) is 1. The molecule has 1 amide bonds. The Morgan fingerprint density at radius 2 is 1.68 bits per heavy atom. The molecule has 190 valence electrons. The molecule has 0 saturated carbocycles. The highest BCUT2D eigenvalue weighted by Crippen LogP contribution is 2.43. The summed E-state index contributed by atoms with van der Waals surface area (Å²) >= 11 is 0. The lowest BCUT2D eigenvalue weighted by Crippen LogP contribution is -2.29. The van der Waals surface area contributed by atoms with E-state index in [-0.39, 0.29) is 22.9 Å². The number of aliphatic hydroxyl groups is 1. The molecule has 0 aromatic heterocycles. The Morgan fingerprint density at radius 3 is 2.30 bits per heavy atom. The fourth-order valence-corrected chi connectivity index (χ4v) is 5.20. The van der Waals surface area contributed by atoms with Crippen LogP contribution in [0.5, 0.6) is 5.75 Å². The summed E-state index contributed by atoms with van der Waals surface area (Å²) in [5, 5.41) is 11.5. The molecule has 5 rings (SSSR count). The number of rotatable bonds is 4. The topological polar surface area (TPSA) is 66.8 Å². The van der Waals surface area contributed by atoms with Crippen molar-refractivity contribution < 1.29 is 19.4 Å². The fourth-order valence-electron chi connectivity index (χ4n) is 5.20. The van der Waals surface area contributed by atoms with E-state index in [1.807, 2.05) is 67.6 Å². The van der Waals surface area contributed by atoms with E-state index < -0.39 is 17.7 Å². The second-order valence-corrected chi connectivity index (χ2v) is 11.0. The standard InChI is InChI=1S/C32H33NO4/c1-6-20-7-9-21(10-8-20)28-27(29(34)22-11-16-26-23(18-22)17-19(2)37-26)30(35)31(36)33(28)25-14-12-24(13-15-25)32(3,4)5/h7-16,18-19,28,34H,6,17H2,1-5H3/b29-27-. The third-order valence-corrected chi connectivity index (χ3v) is 7.33. The number of anilines is 1. The van der Waals surface area contributed by atoms with E-state index >= 15 is 0 Å². The molecule has 0 aliphatic carbocycles. The molecule has 1 fully saturated rings. The maximum atomic E-state index is 13.5. The molecule has 3 aromatic carbocycles. The van der Waals surface area contributed by atoms with Gasteiger partial charge in [-0.2, -0.15) is 0 Å². The summed E-state index contributed by atoms with van der Waals surface area (Å²) in [4.78, 5) is 28.5. The molecule has 2 aliphatic heterocycles. The first-order valence-electron chi connectivity index (χ1n) is 12.9. The normalized spacial score (nSPS) is 20.7. The molecule has 0 spiro atoms. The van der Waals surface area contributed by atoms with Crippen LogP contribution in [0.25, 0.3) is 5.76 Å². The molecule has 0 radical (unpaired) electrons. The van der Waals surface area contributed by atoms with Crippen molar-refractivity contribution in [1.82, 2.24) is 0 Å². The Labute approximate surface area is 218 Å². The van der Waals surface area contributed by atoms with Crippen LogP contribution in [-0.2, 0) is 27.8 Å². The quantitative estimate of drug-likeness (QED) is 0.255. The highest BCUT2D eigenvalue weighted by Gasteiger charge is 2.47. The number of aliphatic hydroxyl groups excluding tert-OH is 1. The molecule has 2 heterocycles. The van der Waals surface area contributed by atoms with Gasteiger partial charge in [-0.25, -0.2) is 0 Å². The van der Waals surface area contributed by atoms with Crippen molar-refractivity contribution in [2.24, 2.45) is 0 Å². The molecule has 1 N–H and O–H groups in total. The van der Waals surface area contributed by atoms with E-state index in [1.54, 1.807) is 6.07 Å². The first-order valence-corrected chi connectivity index (χ1v) is 12.9. The van der Waals surface area contributed by atoms with Crippen LogP contribution in [0.3, 0.4) is 0 Å². The van der Waals surface area contributed by atoms with Gasteiger partial charge >= 0.3 is 0 Å². The van der Waals surface area contributed by atoms with Crippen molar-refractivity contribution >= 4 is 23.1 Å². The average Bonchev–Trinajstić information content (AvgIpc) is 3.38. The van der Waals surface area contributed by atoms with Crippen molar-refractivity contribution in [3.8, 4) is 5.75 Å². The van der Waals surface area contributed by atoms with Crippen LogP contribution in [0.1, 0.15) is 68.5 Å². The molecule has 37 heavy (non-hydrogen) atoms. The van der Waals surface area contributed by atoms with Gasteiger partial charge in [0.25, 0.3) is 11.7 Å². The Balaban J connectivity index is 1.65. The van der Waals surface area contributed by atoms with E-state index in [9.17, 15) is 14.7 Å². The van der Waals surface area contributed by atoms with Gasteiger partial charge < -0.3 is 9.84 Å². The fraction of sp³-hybridized carbons (Fsp3) is 0.312. The summed E-state index contributed by atoms with van der Waals surface area (Å²) in [6, 6.07) is 20.3. The average molecular weight is 496 g/mol. The Kier molecular flexibility index (Phi) is 6.18. The van der Waals surface area contributed by atoms with Crippen molar-refractivity contribution in [2.45, 2.75) is 65.0 Å². The number of hydrogen-bond acceptors (Lipinski definition) is 4. The van der Waals surface area contributed by atoms with Crippen LogP contribution in [-0.4, -0.2) is 22.9 Å². The minimum Gasteiger partial charge on any atom is -0.507 e. The number of aryl methyl sites for hydroxylation is 1. The van der Waals surface area contributed by atoms with Crippen LogP contribution in [0.4, 0.5) is 5.69 Å². The summed E-state index contributed by atoms with van der Waals surface area (Å²) in [5.41, 5.74) is 5.22. The molecule has 0 bridgehead atoms. The van der Waals surface area contributed by atoms with E-state index in [4.69, 9.17) is 4.74 Å². The summed E-state index contributed by atoms with van der Waals surface area (Å²) in [6.45, 7) is 10.5. The largest absolute Gasteiger partial charge is 0.507 e. The minimum atomic E-state index is -0.741. The zero-order valence-electron chi connectivity index (χ0n) is 22.0. The number of fused-ring (bicyclic) bond motifs is 1. The number of hydrogen-bond donors (Lipinski definition) is 1. The maximum absolute atomic E-state index is 13.5. The zero-order chi connectivity index (χ0) is 26.5. The lowest BCUT2D eigenvalue weighted by atomic mass is 9.87. The number of carbonyl (C=O) groups is 2. The lowest BCUT2D eigenvalue weighted by Gasteiger charge is -2.27. The SMILES string of the molecule is CCc1ccc(C2/C(=C(/O)c3ccc4c(c3)CC(C)O4)C(=O)C(=O)N2c2ccc(C(C)(C)C)cc2)cc1. The second kappa shape index (κ2) is 9.22. The Bertz CT molecular complexity index is 1390. The number of Topliss-reactive ketones (excluding diaryl/α,β-unsaturated/α-hetero) is 1. The van der Waals surface area contributed by atoms with E-state index in [1.165, 1.54) is 4.90 Å². The van der Waals surface area contributed by atoms with Gasteiger partial charge in [0.15, 0.2) is 0 Å². The van der Waals surface area contributed by atoms with Crippen LogP contribution in [0, 0.1) is 0 Å². The van der Waals surface area contributed by atoms with Crippen LogP contribution in [0.15, 0.2) is 72.3 Å². The van der Waals surface area contributed by atoms with Gasteiger partial charge in [-0.3, -0.25) is 14.5 Å². The monoisotopic (exact) mass is 495 g/mol. The van der Waals surface area contributed by atoms with Gasteiger partial charge in [0.2, 0.25) is 0 Å². The predicted octanol–water partition coefficient (Wildman–Crippen LogP) is 6.50. The number of amides is 1. The number of ether oxygens (including phenoxy) is 1. The van der Waals surface area contributed by atoms with Gasteiger partial charge in [-0.15, -0.1) is 0 Å². The van der Waals surface area contributed by atoms with Crippen molar-refractivity contribution in [2.75, 3.05) is 4.90 Å². The van der Waals surface area contributed by atoms with E-state index in [0.717, 1.165) is 40.8 Å². The lowest BCUT2D eigenvalue weighted by molar-refractivity contribution is -0.132. The molecular weight excluding hydrogens is 462 g/mol. The van der Waals surface area contributed by atoms with Gasteiger partial charge in [-0.05, 0) is 71.3 Å². The highest BCUT2D eigenvalue weighted by atomic mass is 16.5. The molecule has 2 atom stereocenters. The van der Waals surface area contributed by atoms with Gasteiger partial charge in [-0.1, -0.05) is 64.1 Å². The van der Waals surface area contributed by atoms with Crippen molar-refractivity contribution in [3.05, 3.63) is 100 Å². The highest BCUT2D eigenvalue weighted by molar-refractivity contribution is 6.51. The molecule has 3 aromatic rings. The Hall–Kier alpha value is -3.86. The van der Waals surface area contributed by atoms with Crippen LogP contribution >= 0.6 is 0 Å². The van der Waals surface area contributed by atoms with Crippen LogP contribution < -0.4 is 9.64 Å². The van der Waals surface area contributed by atoms with Crippen molar-refractivity contribution in [3.63, 3.8) is 0 Å². The summed E-state index contributed by atoms with van der Waals surface area (Å²) < 4.78 is 5.80. The van der Waals surface area contributed by atoms with Gasteiger partial charge in [0.1, 0.15) is 17.6 Å². The smallest absolute Gasteiger partial charge is 0.300 e. The summed E-state index contributed by atoms with van der Waals surface area (Å²) in [5.74, 6) is -0.714. The Morgan fingerprint density at radius 1 is 1.00 bits per heavy atom. The maximum Gasteiger partial charge on any atom is 0.300 e. The van der Waals surface area contributed by atoms with Crippen molar-refractivity contribution in [1.29, 1.82) is 0 Å². The number of benzene rings is 3. The summed E-state index contributed by atoms with van der Waals surface area (Å²) in [6.07, 6.45) is 1.67. The molecule has 2 unspecified atom stereocenters. The molecule has 5 nitrogen and oxygen atoms in total. The zero-order valence-corrected chi connectivity index (χ0v) is 22.0. The van der Waals surface area contributed by atoms with Gasteiger partial charge in [0, 0.05) is 17.7 Å². The summed E-state index contributed by atoms with van der Waals surface area (Å²) in [7, 11) is 0. The first-order chi connectivity index (χ1) is 17.6. The minimum absolute atomic E-state index is 0.0448. The third kappa shape index (κ3) is 4.43. The predicted molar refractivity (Wildman–Crippen MR) is 146 cm³/mol. The second-order valence-electron chi connectivity index (χ2n) is 11.0. The molecular formula is C32H33NO4. The van der Waals surface area contributed by atoms with E-state index in [2.05, 4.69) is 27.7 Å². The number of carbonyl (C=O) groups excluding carboxylic acids is 2. The molecule has 2 aliphatic rings.